The highest BCUT2D eigenvalue weighted by Gasteiger charge is 2.12. The Kier molecular flexibility index (Phi) is 3.74. The summed E-state index contributed by atoms with van der Waals surface area (Å²) < 4.78 is 7.38. The van der Waals surface area contributed by atoms with Gasteiger partial charge in [-0.2, -0.15) is 5.10 Å². The van der Waals surface area contributed by atoms with Gasteiger partial charge in [0.2, 0.25) is 0 Å². The third-order valence-corrected chi connectivity index (χ3v) is 2.49. The first kappa shape index (κ1) is 11.6. The molecule has 0 aliphatic carbocycles. The van der Waals surface area contributed by atoms with Crippen LogP contribution in [0.2, 0.25) is 0 Å². The van der Waals surface area contributed by atoms with Crippen molar-refractivity contribution in [1.29, 1.82) is 0 Å². The minimum absolute atomic E-state index is 0.0658. The molecule has 2 rings (SSSR count). The second-order valence-corrected chi connectivity index (χ2v) is 3.79. The zero-order valence-corrected chi connectivity index (χ0v) is 9.71. The molecular weight excluding hydrogens is 216 g/mol. The van der Waals surface area contributed by atoms with Gasteiger partial charge in [-0.15, -0.1) is 0 Å². The van der Waals surface area contributed by atoms with Crippen molar-refractivity contribution < 1.29 is 4.74 Å². The van der Waals surface area contributed by atoms with Crippen molar-refractivity contribution in [3.63, 3.8) is 0 Å². The van der Waals surface area contributed by atoms with Crippen molar-refractivity contribution in [2.45, 2.75) is 6.04 Å². The molecule has 5 nitrogen and oxygen atoms in total. The predicted molar refractivity (Wildman–Crippen MR) is 65.2 cm³/mol. The van der Waals surface area contributed by atoms with Crippen LogP contribution >= 0.6 is 0 Å². The van der Waals surface area contributed by atoms with E-state index < -0.39 is 0 Å². The molecule has 0 spiro atoms. The number of hydrazine groups is 1. The van der Waals surface area contributed by atoms with Gasteiger partial charge in [-0.05, 0) is 12.1 Å². The van der Waals surface area contributed by atoms with Gasteiger partial charge in [-0.3, -0.25) is 10.5 Å². The maximum Gasteiger partial charge on any atom is 0.119 e. The van der Waals surface area contributed by atoms with E-state index in [0.29, 0.717) is 6.61 Å². The van der Waals surface area contributed by atoms with E-state index in [2.05, 4.69) is 10.5 Å². The average Bonchev–Trinajstić information content (AvgIpc) is 2.78. The SMILES string of the molecule is Cn1cc(C(COc2ccccc2)NN)cn1. The predicted octanol–water partition coefficient (Wildman–Crippen LogP) is 1.00. The van der Waals surface area contributed by atoms with Gasteiger partial charge >= 0.3 is 0 Å². The summed E-state index contributed by atoms with van der Waals surface area (Å²) >= 11 is 0. The zero-order valence-electron chi connectivity index (χ0n) is 9.71. The number of nitrogens with zero attached hydrogens (tertiary/aromatic N) is 2. The molecule has 0 saturated carbocycles. The third kappa shape index (κ3) is 3.05. The smallest absolute Gasteiger partial charge is 0.119 e. The van der Waals surface area contributed by atoms with Gasteiger partial charge in [-0.1, -0.05) is 18.2 Å². The first-order chi connectivity index (χ1) is 8.29. The van der Waals surface area contributed by atoms with Crippen molar-refractivity contribution in [2.24, 2.45) is 12.9 Å². The van der Waals surface area contributed by atoms with Crippen LogP contribution in [0.25, 0.3) is 0 Å². The van der Waals surface area contributed by atoms with Gasteiger partial charge in [0, 0.05) is 18.8 Å². The number of aryl methyl sites for hydroxylation is 1. The van der Waals surface area contributed by atoms with Crippen LogP contribution in [0.4, 0.5) is 0 Å². The lowest BCUT2D eigenvalue weighted by molar-refractivity contribution is 0.267. The number of hydrogen-bond acceptors (Lipinski definition) is 4. The molecule has 0 aliphatic rings. The molecule has 90 valence electrons. The summed E-state index contributed by atoms with van der Waals surface area (Å²) in [5, 5.41) is 4.11. The highest BCUT2D eigenvalue weighted by atomic mass is 16.5. The minimum Gasteiger partial charge on any atom is -0.492 e. The Bertz CT molecular complexity index is 455. The first-order valence-electron chi connectivity index (χ1n) is 5.42. The highest BCUT2D eigenvalue weighted by molar-refractivity contribution is 5.21. The summed E-state index contributed by atoms with van der Waals surface area (Å²) in [6, 6.07) is 9.58. The van der Waals surface area contributed by atoms with Gasteiger partial charge in [0.25, 0.3) is 0 Å². The number of ether oxygens (including phenoxy) is 1. The quantitative estimate of drug-likeness (QED) is 0.596. The van der Waals surface area contributed by atoms with Crippen LogP contribution in [-0.4, -0.2) is 16.4 Å². The highest BCUT2D eigenvalue weighted by Crippen LogP contribution is 2.14. The molecule has 0 aliphatic heterocycles. The molecule has 1 heterocycles. The molecule has 5 heteroatoms. The Labute approximate surface area is 100 Å². The van der Waals surface area contributed by atoms with Gasteiger partial charge in [0.1, 0.15) is 12.4 Å². The van der Waals surface area contributed by atoms with E-state index in [1.54, 1.807) is 10.9 Å². The van der Waals surface area contributed by atoms with Crippen LogP contribution in [0.5, 0.6) is 5.75 Å². The Morgan fingerprint density at radius 2 is 2.18 bits per heavy atom. The lowest BCUT2D eigenvalue weighted by Crippen LogP contribution is -2.32. The molecule has 17 heavy (non-hydrogen) atoms. The normalized spacial score (nSPS) is 12.4. The molecule has 0 bridgehead atoms. The summed E-state index contributed by atoms with van der Waals surface area (Å²) in [6.07, 6.45) is 3.69. The van der Waals surface area contributed by atoms with Crippen molar-refractivity contribution in [3.8, 4) is 5.75 Å². The molecule has 0 fully saturated rings. The monoisotopic (exact) mass is 232 g/mol. The molecule has 3 N–H and O–H groups in total. The summed E-state index contributed by atoms with van der Waals surface area (Å²) in [5.74, 6) is 6.34. The summed E-state index contributed by atoms with van der Waals surface area (Å²) in [5.41, 5.74) is 3.73. The second kappa shape index (κ2) is 5.47. The van der Waals surface area contributed by atoms with E-state index >= 15 is 0 Å². The fourth-order valence-corrected chi connectivity index (χ4v) is 1.56. The minimum atomic E-state index is -0.0658. The number of nitrogens with two attached hydrogens (primary N) is 1. The van der Waals surface area contributed by atoms with E-state index in [9.17, 15) is 0 Å². The molecule has 0 saturated heterocycles. The Balaban J connectivity index is 1.97. The summed E-state index contributed by atoms with van der Waals surface area (Å²) in [7, 11) is 1.87. The van der Waals surface area contributed by atoms with Crippen LogP contribution < -0.4 is 16.0 Å². The Morgan fingerprint density at radius 3 is 2.76 bits per heavy atom. The molecular formula is C12H16N4O. The van der Waals surface area contributed by atoms with Crippen LogP contribution in [0, 0.1) is 0 Å². The standard InChI is InChI=1S/C12H16N4O/c1-16-8-10(7-14-16)12(15-13)9-17-11-5-3-2-4-6-11/h2-8,12,15H,9,13H2,1H3. The fourth-order valence-electron chi connectivity index (χ4n) is 1.56. The lowest BCUT2D eigenvalue weighted by Gasteiger charge is -2.15. The van der Waals surface area contributed by atoms with Crippen molar-refractivity contribution >= 4 is 0 Å². The lowest BCUT2D eigenvalue weighted by atomic mass is 10.2. The number of benzene rings is 1. The van der Waals surface area contributed by atoms with Crippen molar-refractivity contribution in [2.75, 3.05) is 6.61 Å². The number of nitrogens with one attached hydrogen (secondary N) is 1. The molecule has 0 radical (unpaired) electrons. The van der Waals surface area contributed by atoms with E-state index in [-0.39, 0.29) is 6.04 Å². The maximum absolute atomic E-state index is 5.64. The number of para-hydroxylation sites is 1. The van der Waals surface area contributed by atoms with E-state index in [0.717, 1.165) is 11.3 Å². The van der Waals surface area contributed by atoms with Gasteiger partial charge < -0.3 is 4.74 Å². The molecule has 2 aromatic rings. The second-order valence-electron chi connectivity index (χ2n) is 3.79. The number of hydrogen-bond donors (Lipinski definition) is 2. The molecule has 1 aromatic heterocycles. The Hall–Kier alpha value is -1.85. The van der Waals surface area contributed by atoms with Crippen molar-refractivity contribution in [1.82, 2.24) is 15.2 Å². The van der Waals surface area contributed by atoms with Gasteiger partial charge in [-0.25, -0.2) is 5.43 Å². The largest absolute Gasteiger partial charge is 0.492 e. The van der Waals surface area contributed by atoms with Gasteiger partial charge in [0.05, 0.1) is 12.2 Å². The van der Waals surface area contributed by atoms with Crippen LogP contribution in [0.15, 0.2) is 42.7 Å². The first-order valence-corrected chi connectivity index (χ1v) is 5.42. The summed E-state index contributed by atoms with van der Waals surface area (Å²) in [6.45, 7) is 0.464. The average molecular weight is 232 g/mol. The summed E-state index contributed by atoms with van der Waals surface area (Å²) in [4.78, 5) is 0. The third-order valence-electron chi connectivity index (χ3n) is 2.49. The molecule has 0 amide bonds. The molecule has 1 aromatic carbocycles. The van der Waals surface area contributed by atoms with Crippen LogP contribution in [-0.2, 0) is 7.05 Å². The van der Waals surface area contributed by atoms with E-state index in [4.69, 9.17) is 10.6 Å². The molecule has 1 unspecified atom stereocenters. The zero-order chi connectivity index (χ0) is 12.1. The maximum atomic E-state index is 5.64. The van der Waals surface area contributed by atoms with E-state index in [1.807, 2.05) is 43.6 Å². The van der Waals surface area contributed by atoms with Crippen LogP contribution in [0.1, 0.15) is 11.6 Å². The number of aromatic nitrogens is 2. The Morgan fingerprint density at radius 1 is 1.41 bits per heavy atom. The topological polar surface area (TPSA) is 65.1 Å². The number of rotatable bonds is 5. The van der Waals surface area contributed by atoms with Gasteiger partial charge in [0.15, 0.2) is 0 Å². The van der Waals surface area contributed by atoms with Crippen molar-refractivity contribution in [3.05, 3.63) is 48.3 Å². The fraction of sp³-hybridized carbons (Fsp3) is 0.250. The molecule has 1 atom stereocenters. The van der Waals surface area contributed by atoms with E-state index in [1.165, 1.54) is 0 Å². The van der Waals surface area contributed by atoms with Crippen LogP contribution in [0.3, 0.4) is 0 Å².